The minimum atomic E-state index is 0.258. The molecule has 6 nitrogen and oxygen atoms in total. The van der Waals surface area contributed by atoms with Crippen LogP contribution in [0.4, 0.5) is 17.6 Å². The van der Waals surface area contributed by atoms with Crippen molar-refractivity contribution < 1.29 is 5.11 Å². The van der Waals surface area contributed by atoms with E-state index in [4.69, 9.17) is 10.8 Å². The first-order valence-corrected chi connectivity index (χ1v) is 6.97. The first kappa shape index (κ1) is 13.9. The van der Waals surface area contributed by atoms with Gasteiger partial charge in [0.05, 0.1) is 0 Å². The molecule has 1 unspecified atom stereocenters. The Morgan fingerprint density at radius 2 is 2.37 bits per heavy atom. The molecule has 0 aromatic carbocycles. The van der Waals surface area contributed by atoms with Crippen molar-refractivity contribution in [2.45, 2.75) is 26.2 Å². The number of hydrogen-bond acceptors (Lipinski definition) is 6. The van der Waals surface area contributed by atoms with Crippen LogP contribution in [0.5, 0.6) is 0 Å². The molecule has 1 fully saturated rings. The van der Waals surface area contributed by atoms with E-state index in [0.29, 0.717) is 11.9 Å². The average molecular weight is 265 g/mol. The summed E-state index contributed by atoms with van der Waals surface area (Å²) in [5, 5.41) is 12.2. The van der Waals surface area contributed by atoms with Gasteiger partial charge in [-0.15, -0.1) is 0 Å². The highest BCUT2D eigenvalue weighted by Crippen LogP contribution is 2.25. The first-order chi connectivity index (χ1) is 9.22. The molecule has 1 aliphatic rings. The second-order valence-corrected chi connectivity index (χ2v) is 5.01. The average Bonchev–Trinajstić information content (AvgIpc) is 2.85. The summed E-state index contributed by atoms with van der Waals surface area (Å²) in [5.74, 6) is 2.52. The van der Waals surface area contributed by atoms with Crippen molar-refractivity contribution in [3.63, 3.8) is 0 Å². The van der Waals surface area contributed by atoms with Crippen molar-refractivity contribution in [2.75, 3.05) is 42.2 Å². The highest BCUT2D eigenvalue weighted by Gasteiger charge is 2.23. The molecule has 106 valence electrons. The Morgan fingerprint density at radius 1 is 1.53 bits per heavy atom. The van der Waals surface area contributed by atoms with Gasteiger partial charge in [-0.3, -0.25) is 0 Å². The quantitative estimate of drug-likeness (QED) is 0.713. The Labute approximate surface area is 114 Å². The molecule has 0 spiro atoms. The minimum Gasteiger partial charge on any atom is -0.396 e. The van der Waals surface area contributed by atoms with Crippen LogP contribution in [0.2, 0.25) is 0 Å². The lowest BCUT2D eigenvalue weighted by atomic mass is 10.1. The summed E-state index contributed by atoms with van der Waals surface area (Å²) >= 11 is 0. The molecule has 4 N–H and O–H groups in total. The smallest absolute Gasteiger partial charge is 0.223 e. The van der Waals surface area contributed by atoms with E-state index in [1.54, 1.807) is 0 Å². The molecule has 2 rings (SSSR count). The maximum absolute atomic E-state index is 8.99. The predicted octanol–water partition coefficient (Wildman–Crippen LogP) is 1.09. The van der Waals surface area contributed by atoms with Crippen molar-refractivity contribution in [3.8, 4) is 0 Å². The van der Waals surface area contributed by atoms with Crippen LogP contribution < -0.4 is 16.0 Å². The molecule has 0 radical (unpaired) electrons. The SMILES string of the molecule is CCCNc1cc(N2CCC(CCO)C2)nc(N)n1. The second kappa shape index (κ2) is 6.56. The van der Waals surface area contributed by atoms with Gasteiger partial charge >= 0.3 is 0 Å². The third-order valence-electron chi connectivity index (χ3n) is 3.43. The van der Waals surface area contributed by atoms with Gasteiger partial charge in [0, 0.05) is 32.3 Å². The number of aromatic nitrogens is 2. The molecule has 0 amide bonds. The summed E-state index contributed by atoms with van der Waals surface area (Å²) < 4.78 is 0. The van der Waals surface area contributed by atoms with Gasteiger partial charge in [0.15, 0.2) is 0 Å². The zero-order chi connectivity index (χ0) is 13.7. The van der Waals surface area contributed by atoms with E-state index in [1.165, 1.54) is 0 Å². The Hall–Kier alpha value is -1.56. The molecular formula is C13H23N5O. The summed E-state index contributed by atoms with van der Waals surface area (Å²) in [4.78, 5) is 10.7. The highest BCUT2D eigenvalue weighted by atomic mass is 16.3. The number of nitrogens with two attached hydrogens (primary N) is 1. The normalized spacial score (nSPS) is 18.8. The van der Waals surface area contributed by atoms with Crippen molar-refractivity contribution in [3.05, 3.63) is 6.07 Å². The van der Waals surface area contributed by atoms with Crippen LogP contribution in [0.3, 0.4) is 0 Å². The number of nitrogens with one attached hydrogen (secondary N) is 1. The zero-order valence-electron chi connectivity index (χ0n) is 11.5. The Balaban J connectivity index is 2.05. The van der Waals surface area contributed by atoms with Crippen molar-refractivity contribution in [1.29, 1.82) is 0 Å². The number of hydrogen-bond donors (Lipinski definition) is 3. The van der Waals surface area contributed by atoms with E-state index in [-0.39, 0.29) is 6.61 Å². The lowest BCUT2D eigenvalue weighted by Crippen LogP contribution is -2.22. The van der Waals surface area contributed by atoms with Gasteiger partial charge in [-0.1, -0.05) is 6.92 Å². The van der Waals surface area contributed by atoms with E-state index in [0.717, 1.165) is 50.5 Å². The molecule has 19 heavy (non-hydrogen) atoms. The minimum absolute atomic E-state index is 0.258. The summed E-state index contributed by atoms with van der Waals surface area (Å²) in [6, 6.07) is 1.95. The van der Waals surface area contributed by atoms with Gasteiger partial charge in [0.2, 0.25) is 5.95 Å². The molecule has 6 heteroatoms. The Bertz CT molecular complexity index is 412. The van der Waals surface area contributed by atoms with Crippen LogP contribution in [-0.4, -0.2) is 41.3 Å². The molecule has 0 aliphatic carbocycles. The lowest BCUT2D eigenvalue weighted by Gasteiger charge is -2.18. The van der Waals surface area contributed by atoms with Crippen molar-refractivity contribution in [2.24, 2.45) is 5.92 Å². The van der Waals surface area contributed by atoms with Crippen molar-refractivity contribution >= 4 is 17.6 Å². The molecule has 0 bridgehead atoms. The van der Waals surface area contributed by atoms with Gasteiger partial charge < -0.3 is 21.1 Å². The first-order valence-electron chi connectivity index (χ1n) is 6.97. The number of anilines is 3. The number of rotatable bonds is 6. The van der Waals surface area contributed by atoms with Crippen molar-refractivity contribution in [1.82, 2.24) is 9.97 Å². The molecule has 1 aromatic heterocycles. The Kier molecular flexibility index (Phi) is 4.79. The molecule has 1 aliphatic heterocycles. The van der Waals surface area contributed by atoms with Crippen LogP contribution in [0.25, 0.3) is 0 Å². The molecule has 1 aromatic rings. The van der Waals surface area contributed by atoms with Crippen LogP contribution in [0, 0.1) is 5.92 Å². The van der Waals surface area contributed by atoms with E-state index in [2.05, 4.69) is 27.1 Å². The molecule has 0 saturated carbocycles. The fraction of sp³-hybridized carbons (Fsp3) is 0.692. The van der Waals surface area contributed by atoms with Gasteiger partial charge in [-0.25, -0.2) is 0 Å². The fourth-order valence-electron chi connectivity index (χ4n) is 2.42. The van der Waals surface area contributed by atoms with E-state index >= 15 is 0 Å². The monoisotopic (exact) mass is 265 g/mol. The number of nitrogen functional groups attached to an aromatic ring is 1. The third kappa shape index (κ3) is 3.70. The highest BCUT2D eigenvalue weighted by molar-refractivity contribution is 5.53. The largest absolute Gasteiger partial charge is 0.396 e. The maximum atomic E-state index is 8.99. The second-order valence-electron chi connectivity index (χ2n) is 5.01. The van der Waals surface area contributed by atoms with Crippen LogP contribution in [0.15, 0.2) is 6.07 Å². The molecule has 1 saturated heterocycles. The fourth-order valence-corrected chi connectivity index (χ4v) is 2.42. The Morgan fingerprint density at radius 3 is 3.11 bits per heavy atom. The van der Waals surface area contributed by atoms with Gasteiger partial charge in [0.1, 0.15) is 11.6 Å². The van der Waals surface area contributed by atoms with Gasteiger partial charge in [-0.2, -0.15) is 9.97 Å². The lowest BCUT2D eigenvalue weighted by molar-refractivity contribution is 0.263. The van der Waals surface area contributed by atoms with E-state index < -0.39 is 0 Å². The van der Waals surface area contributed by atoms with Crippen LogP contribution >= 0.6 is 0 Å². The summed E-state index contributed by atoms with van der Waals surface area (Å²) in [6.07, 6.45) is 3.00. The maximum Gasteiger partial charge on any atom is 0.223 e. The third-order valence-corrected chi connectivity index (χ3v) is 3.43. The van der Waals surface area contributed by atoms with Gasteiger partial charge in [0.25, 0.3) is 0 Å². The number of nitrogens with zero attached hydrogens (tertiary/aromatic N) is 3. The van der Waals surface area contributed by atoms with E-state index in [9.17, 15) is 0 Å². The summed E-state index contributed by atoms with van der Waals surface area (Å²) in [5.41, 5.74) is 5.76. The summed E-state index contributed by atoms with van der Waals surface area (Å²) in [6.45, 7) is 5.15. The molecule has 2 heterocycles. The van der Waals surface area contributed by atoms with E-state index in [1.807, 2.05) is 6.07 Å². The summed E-state index contributed by atoms with van der Waals surface area (Å²) in [7, 11) is 0. The standard InChI is InChI=1S/C13H23N5O/c1-2-5-15-11-8-12(17-13(14)16-11)18-6-3-10(9-18)4-7-19/h8,10,19H,2-7,9H2,1H3,(H3,14,15,16,17). The molecular weight excluding hydrogens is 242 g/mol. The van der Waals surface area contributed by atoms with Crippen LogP contribution in [-0.2, 0) is 0 Å². The van der Waals surface area contributed by atoms with Gasteiger partial charge in [-0.05, 0) is 25.2 Å². The zero-order valence-corrected chi connectivity index (χ0v) is 11.5. The van der Waals surface area contributed by atoms with Crippen LogP contribution in [0.1, 0.15) is 26.2 Å². The molecule has 1 atom stereocenters. The predicted molar refractivity (Wildman–Crippen MR) is 77.2 cm³/mol. The number of aliphatic hydroxyl groups excluding tert-OH is 1. The number of aliphatic hydroxyl groups is 1. The topological polar surface area (TPSA) is 87.3 Å².